The second-order valence-electron chi connectivity index (χ2n) is 7.05. The van der Waals surface area contributed by atoms with Crippen LogP contribution >= 0.6 is 0 Å². The van der Waals surface area contributed by atoms with E-state index in [1.807, 2.05) is 43.3 Å². The van der Waals surface area contributed by atoms with Gasteiger partial charge >= 0.3 is 5.97 Å². The zero-order valence-electron chi connectivity index (χ0n) is 16.3. The molecule has 6 heteroatoms. The molecule has 0 spiro atoms. The van der Waals surface area contributed by atoms with E-state index in [0.717, 1.165) is 30.7 Å². The van der Waals surface area contributed by atoms with Crippen molar-refractivity contribution in [2.75, 3.05) is 39.3 Å². The lowest BCUT2D eigenvalue weighted by molar-refractivity contribution is -0.136. The Morgan fingerprint density at radius 1 is 1.33 bits per heavy atom. The van der Waals surface area contributed by atoms with Gasteiger partial charge in [-0.25, -0.2) is 4.79 Å². The Kier molecular flexibility index (Phi) is 5.65. The molecule has 1 atom stereocenters. The van der Waals surface area contributed by atoms with Crippen molar-refractivity contribution in [2.24, 2.45) is 0 Å². The average molecular weight is 370 g/mol. The van der Waals surface area contributed by atoms with Crippen LogP contribution in [0.1, 0.15) is 25.3 Å². The van der Waals surface area contributed by atoms with E-state index in [1.54, 1.807) is 17.9 Å². The smallest absolute Gasteiger partial charge is 0.340 e. The van der Waals surface area contributed by atoms with Crippen molar-refractivity contribution in [3.05, 3.63) is 46.7 Å². The normalized spacial score (nSPS) is 21.3. The van der Waals surface area contributed by atoms with Gasteiger partial charge in [0.15, 0.2) is 0 Å². The van der Waals surface area contributed by atoms with E-state index in [-0.39, 0.29) is 12.0 Å². The van der Waals surface area contributed by atoms with E-state index < -0.39 is 5.97 Å². The molecule has 2 aliphatic heterocycles. The molecule has 0 aromatic heterocycles. The fourth-order valence-electron chi connectivity index (χ4n) is 3.48. The number of benzene rings is 1. The topological polar surface area (TPSA) is 59.1 Å². The summed E-state index contributed by atoms with van der Waals surface area (Å²) in [4.78, 5) is 29.1. The van der Waals surface area contributed by atoms with Crippen molar-refractivity contribution in [1.29, 1.82) is 0 Å². The summed E-state index contributed by atoms with van der Waals surface area (Å²) in [7, 11) is 5.27. The molecule has 0 radical (unpaired) electrons. The SMILES string of the molecule is COC(=O)C1=C(C)N(C[C@@H]2CCCO2)C(=O)/C1=C\c1ccc(N(C)C)cc1. The molecule has 2 aliphatic rings. The molecule has 1 saturated heterocycles. The number of carbonyl (C=O) groups is 2. The predicted octanol–water partition coefficient (Wildman–Crippen LogP) is 2.60. The number of ether oxygens (including phenoxy) is 2. The number of anilines is 1. The van der Waals surface area contributed by atoms with E-state index in [0.29, 0.717) is 23.4 Å². The van der Waals surface area contributed by atoms with Gasteiger partial charge in [-0.15, -0.1) is 0 Å². The third-order valence-electron chi connectivity index (χ3n) is 5.03. The maximum atomic E-state index is 13.1. The molecule has 1 aromatic carbocycles. The van der Waals surface area contributed by atoms with Gasteiger partial charge in [-0.2, -0.15) is 0 Å². The van der Waals surface area contributed by atoms with Crippen LogP contribution in [0.5, 0.6) is 0 Å². The monoisotopic (exact) mass is 370 g/mol. The van der Waals surface area contributed by atoms with Gasteiger partial charge in [-0.1, -0.05) is 12.1 Å². The molecule has 0 aliphatic carbocycles. The number of hydrogen-bond acceptors (Lipinski definition) is 5. The van der Waals surface area contributed by atoms with Gasteiger partial charge in [0.25, 0.3) is 5.91 Å². The predicted molar refractivity (Wildman–Crippen MR) is 104 cm³/mol. The number of esters is 1. The molecule has 27 heavy (non-hydrogen) atoms. The van der Waals surface area contributed by atoms with Gasteiger partial charge in [0.2, 0.25) is 0 Å². The number of methoxy groups -OCH3 is 1. The van der Waals surface area contributed by atoms with Gasteiger partial charge in [-0.3, -0.25) is 4.79 Å². The summed E-state index contributed by atoms with van der Waals surface area (Å²) in [6.45, 7) is 2.97. The van der Waals surface area contributed by atoms with E-state index >= 15 is 0 Å². The maximum Gasteiger partial charge on any atom is 0.340 e. The van der Waals surface area contributed by atoms with Crippen molar-refractivity contribution >= 4 is 23.6 Å². The molecular weight excluding hydrogens is 344 g/mol. The second-order valence-corrected chi connectivity index (χ2v) is 7.05. The number of amides is 1. The van der Waals surface area contributed by atoms with E-state index in [4.69, 9.17) is 9.47 Å². The first-order valence-electron chi connectivity index (χ1n) is 9.14. The molecule has 144 valence electrons. The number of hydrogen-bond donors (Lipinski definition) is 0. The van der Waals surface area contributed by atoms with Crippen molar-refractivity contribution in [3.63, 3.8) is 0 Å². The third-order valence-corrected chi connectivity index (χ3v) is 5.03. The summed E-state index contributed by atoms with van der Waals surface area (Å²) < 4.78 is 10.6. The van der Waals surface area contributed by atoms with Crippen LogP contribution in [0.3, 0.4) is 0 Å². The number of allylic oxidation sites excluding steroid dienone is 1. The fraction of sp³-hybridized carbons (Fsp3) is 0.429. The standard InChI is InChI=1S/C21H26N2O4/c1-14-19(21(25)26-4)18(12-15-7-9-16(10-8-15)22(2)3)20(24)23(14)13-17-6-5-11-27-17/h7-10,12,17H,5-6,11,13H2,1-4H3/b18-12-/t17-/m0/s1. The van der Waals surface area contributed by atoms with Gasteiger partial charge in [0.05, 0.1) is 30.9 Å². The summed E-state index contributed by atoms with van der Waals surface area (Å²) in [6.07, 6.45) is 3.70. The summed E-state index contributed by atoms with van der Waals surface area (Å²) >= 11 is 0. The first-order valence-corrected chi connectivity index (χ1v) is 9.14. The highest BCUT2D eigenvalue weighted by Gasteiger charge is 2.38. The number of rotatable bonds is 5. The lowest BCUT2D eigenvalue weighted by atomic mass is 10.0. The van der Waals surface area contributed by atoms with Gasteiger partial charge in [0.1, 0.15) is 0 Å². The lowest BCUT2D eigenvalue weighted by Crippen LogP contribution is -2.33. The molecule has 1 aromatic rings. The molecule has 1 amide bonds. The highest BCUT2D eigenvalue weighted by Crippen LogP contribution is 2.33. The number of carbonyl (C=O) groups excluding carboxylic acids is 2. The van der Waals surface area contributed by atoms with Crippen LogP contribution in [-0.4, -0.2) is 57.2 Å². The van der Waals surface area contributed by atoms with Crippen LogP contribution in [0.2, 0.25) is 0 Å². The van der Waals surface area contributed by atoms with Crippen LogP contribution in [0.4, 0.5) is 5.69 Å². The van der Waals surface area contributed by atoms with Crippen molar-refractivity contribution < 1.29 is 19.1 Å². The highest BCUT2D eigenvalue weighted by molar-refractivity contribution is 6.16. The van der Waals surface area contributed by atoms with E-state index in [1.165, 1.54) is 7.11 Å². The summed E-state index contributed by atoms with van der Waals surface area (Å²) in [5, 5.41) is 0. The third kappa shape index (κ3) is 3.90. The van der Waals surface area contributed by atoms with Crippen molar-refractivity contribution in [2.45, 2.75) is 25.9 Å². The highest BCUT2D eigenvalue weighted by atomic mass is 16.5. The first kappa shape index (κ1) is 19.2. The molecule has 3 rings (SSSR count). The second kappa shape index (κ2) is 7.96. The molecular formula is C21H26N2O4. The fourth-order valence-corrected chi connectivity index (χ4v) is 3.48. The van der Waals surface area contributed by atoms with Crippen LogP contribution in [0.25, 0.3) is 6.08 Å². The van der Waals surface area contributed by atoms with Gasteiger partial charge < -0.3 is 19.3 Å². The van der Waals surface area contributed by atoms with Crippen LogP contribution in [0, 0.1) is 0 Å². The lowest BCUT2D eigenvalue weighted by Gasteiger charge is -2.21. The molecule has 0 saturated carbocycles. The largest absolute Gasteiger partial charge is 0.465 e. The van der Waals surface area contributed by atoms with Gasteiger partial charge in [0, 0.05) is 32.1 Å². The summed E-state index contributed by atoms with van der Waals surface area (Å²) in [5.41, 5.74) is 3.25. The molecule has 1 fully saturated rings. The number of nitrogens with zero attached hydrogens (tertiary/aromatic N) is 2. The Balaban J connectivity index is 1.94. The minimum Gasteiger partial charge on any atom is -0.465 e. The van der Waals surface area contributed by atoms with E-state index in [9.17, 15) is 9.59 Å². The van der Waals surface area contributed by atoms with Crippen LogP contribution < -0.4 is 4.90 Å². The Hall–Kier alpha value is -2.60. The summed E-state index contributed by atoms with van der Waals surface area (Å²) in [5.74, 6) is -0.674. The van der Waals surface area contributed by atoms with Crippen LogP contribution in [-0.2, 0) is 19.1 Å². The van der Waals surface area contributed by atoms with Crippen LogP contribution in [0.15, 0.2) is 41.1 Å². The molecule has 0 unspecified atom stereocenters. The maximum absolute atomic E-state index is 13.1. The van der Waals surface area contributed by atoms with Crippen molar-refractivity contribution in [1.82, 2.24) is 4.90 Å². The zero-order chi connectivity index (χ0) is 19.6. The van der Waals surface area contributed by atoms with Crippen molar-refractivity contribution in [3.8, 4) is 0 Å². The summed E-state index contributed by atoms with van der Waals surface area (Å²) in [6, 6.07) is 7.82. The average Bonchev–Trinajstić information content (AvgIpc) is 3.25. The first-order chi connectivity index (χ1) is 12.9. The molecule has 2 heterocycles. The minimum absolute atomic E-state index is 0.0153. The molecule has 6 nitrogen and oxygen atoms in total. The Morgan fingerprint density at radius 3 is 2.59 bits per heavy atom. The minimum atomic E-state index is -0.494. The molecule has 0 bridgehead atoms. The molecule has 0 N–H and O–H groups in total. The van der Waals surface area contributed by atoms with Gasteiger partial charge in [-0.05, 0) is 43.5 Å². The van der Waals surface area contributed by atoms with E-state index in [2.05, 4.69) is 0 Å². The zero-order valence-corrected chi connectivity index (χ0v) is 16.3. The Bertz CT molecular complexity index is 787. The Morgan fingerprint density at radius 2 is 2.04 bits per heavy atom. The quantitative estimate of drug-likeness (QED) is 0.589. The Labute approximate surface area is 160 Å².